The molecular formula is C22H26F3. The van der Waals surface area contributed by atoms with E-state index < -0.39 is 11.7 Å². The fourth-order valence-corrected chi connectivity index (χ4v) is 3.11. The maximum Gasteiger partial charge on any atom is 0.416 e. The molecule has 0 aliphatic rings. The standard InChI is InChI=1S/C22H26F3/c1-5-16(4)21(20-9-7-6-8-19(20)15(2)3)14-17-10-12-18(13-11-17)22(23,24)25/h6-13,15-16H,5,14H2,1-4H3. The third-order valence-corrected chi connectivity index (χ3v) is 4.81. The zero-order valence-corrected chi connectivity index (χ0v) is 15.3. The lowest BCUT2D eigenvalue weighted by atomic mass is 9.77. The van der Waals surface area contributed by atoms with Crippen LogP contribution >= 0.6 is 0 Å². The van der Waals surface area contributed by atoms with Crippen molar-refractivity contribution < 1.29 is 13.2 Å². The minimum absolute atomic E-state index is 0.377. The Morgan fingerprint density at radius 1 is 0.920 bits per heavy atom. The third kappa shape index (κ3) is 4.87. The van der Waals surface area contributed by atoms with Gasteiger partial charge < -0.3 is 0 Å². The van der Waals surface area contributed by atoms with E-state index in [9.17, 15) is 13.2 Å². The normalized spacial score (nSPS) is 13.5. The van der Waals surface area contributed by atoms with Crippen LogP contribution in [0.4, 0.5) is 13.2 Å². The SMILES string of the molecule is CCC(C)[C](Cc1ccc(C(F)(F)F)cc1)c1ccccc1C(C)C. The summed E-state index contributed by atoms with van der Waals surface area (Å²) in [7, 11) is 0. The molecule has 0 saturated carbocycles. The van der Waals surface area contributed by atoms with E-state index in [1.807, 2.05) is 12.1 Å². The highest BCUT2D eigenvalue weighted by Crippen LogP contribution is 2.35. The van der Waals surface area contributed by atoms with Crippen molar-refractivity contribution in [2.75, 3.05) is 0 Å². The highest BCUT2D eigenvalue weighted by atomic mass is 19.4. The van der Waals surface area contributed by atoms with E-state index in [0.717, 1.165) is 12.0 Å². The first-order valence-corrected chi connectivity index (χ1v) is 8.85. The summed E-state index contributed by atoms with van der Waals surface area (Å²) in [5.74, 6) is 2.08. The first kappa shape index (κ1) is 19.6. The maximum atomic E-state index is 12.8. The predicted octanol–water partition coefficient (Wildman–Crippen LogP) is 7.04. The zero-order valence-electron chi connectivity index (χ0n) is 15.3. The smallest absolute Gasteiger partial charge is 0.166 e. The molecule has 2 rings (SSSR count). The number of hydrogen-bond acceptors (Lipinski definition) is 0. The molecule has 0 heterocycles. The van der Waals surface area contributed by atoms with Crippen LogP contribution in [0.1, 0.15) is 62.3 Å². The zero-order chi connectivity index (χ0) is 18.6. The second kappa shape index (κ2) is 8.07. The van der Waals surface area contributed by atoms with E-state index in [2.05, 4.69) is 39.8 Å². The molecule has 0 saturated heterocycles. The molecule has 1 unspecified atom stereocenters. The van der Waals surface area contributed by atoms with Crippen molar-refractivity contribution >= 4 is 0 Å². The van der Waals surface area contributed by atoms with Crippen molar-refractivity contribution in [1.82, 2.24) is 0 Å². The van der Waals surface area contributed by atoms with Crippen LogP contribution in [0.25, 0.3) is 0 Å². The van der Waals surface area contributed by atoms with E-state index in [4.69, 9.17) is 0 Å². The third-order valence-electron chi connectivity index (χ3n) is 4.81. The van der Waals surface area contributed by atoms with Crippen LogP contribution in [0.15, 0.2) is 48.5 Å². The van der Waals surface area contributed by atoms with Gasteiger partial charge in [0.1, 0.15) is 0 Å². The molecular weight excluding hydrogens is 321 g/mol. The van der Waals surface area contributed by atoms with Crippen LogP contribution in [-0.4, -0.2) is 0 Å². The number of alkyl halides is 3. The Hall–Kier alpha value is -1.77. The second-order valence-corrected chi connectivity index (χ2v) is 6.95. The van der Waals surface area contributed by atoms with Gasteiger partial charge in [0.25, 0.3) is 0 Å². The molecule has 2 aromatic carbocycles. The van der Waals surface area contributed by atoms with Crippen molar-refractivity contribution in [3.8, 4) is 0 Å². The van der Waals surface area contributed by atoms with Gasteiger partial charge in [0.15, 0.2) is 0 Å². The van der Waals surface area contributed by atoms with Gasteiger partial charge in [-0.3, -0.25) is 0 Å². The fourth-order valence-electron chi connectivity index (χ4n) is 3.11. The molecule has 0 aliphatic carbocycles. The van der Waals surface area contributed by atoms with Crippen LogP contribution in [0.2, 0.25) is 0 Å². The Morgan fingerprint density at radius 2 is 1.52 bits per heavy atom. The van der Waals surface area contributed by atoms with Crippen LogP contribution in [0.5, 0.6) is 0 Å². The number of hydrogen-bond donors (Lipinski definition) is 0. The van der Waals surface area contributed by atoms with Gasteiger partial charge in [0.2, 0.25) is 0 Å². The predicted molar refractivity (Wildman–Crippen MR) is 97.5 cm³/mol. The summed E-state index contributed by atoms with van der Waals surface area (Å²) in [5, 5.41) is 0. The quantitative estimate of drug-likeness (QED) is 0.525. The van der Waals surface area contributed by atoms with Gasteiger partial charge in [0.05, 0.1) is 5.56 Å². The lowest BCUT2D eigenvalue weighted by Crippen LogP contribution is -2.16. The van der Waals surface area contributed by atoms with Crippen LogP contribution in [0, 0.1) is 11.8 Å². The molecule has 0 nitrogen and oxygen atoms in total. The molecule has 0 N–H and O–H groups in total. The minimum atomic E-state index is -4.29. The summed E-state index contributed by atoms with van der Waals surface area (Å²) in [6, 6.07) is 13.9. The lowest BCUT2D eigenvalue weighted by Gasteiger charge is -2.27. The summed E-state index contributed by atoms with van der Waals surface area (Å²) in [6.45, 7) is 8.68. The molecule has 0 spiro atoms. The van der Waals surface area contributed by atoms with Crippen LogP contribution < -0.4 is 0 Å². The van der Waals surface area contributed by atoms with Gasteiger partial charge >= 0.3 is 6.18 Å². The van der Waals surface area contributed by atoms with Gasteiger partial charge in [-0.2, -0.15) is 13.2 Å². The van der Waals surface area contributed by atoms with Crippen LogP contribution in [-0.2, 0) is 12.6 Å². The molecule has 1 atom stereocenters. The Balaban J connectivity index is 2.34. The van der Waals surface area contributed by atoms with Gasteiger partial charge in [-0.25, -0.2) is 0 Å². The molecule has 25 heavy (non-hydrogen) atoms. The molecule has 0 bridgehead atoms. The summed E-state index contributed by atoms with van der Waals surface area (Å²) in [4.78, 5) is 0. The van der Waals surface area contributed by atoms with Gasteiger partial charge in [-0.05, 0) is 47.1 Å². The molecule has 0 aromatic heterocycles. The summed E-state index contributed by atoms with van der Waals surface area (Å²) in [5.41, 5.74) is 2.86. The van der Waals surface area contributed by atoms with Crippen LogP contribution in [0.3, 0.4) is 0 Å². The molecule has 0 aliphatic heterocycles. The van der Waals surface area contributed by atoms with E-state index in [-0.39, 0.29) is 0 Å². The van der Waals surface area contributed by atoms with E-state index in [0.29, 0.717) is 18.3 Å². The Kier molecular flexibility index (Phi) is 6.31. The van der Waals surface area contributed by atoms with Crippen molar-refractivity contribution in [2.24, 2.45) is 5.92 Å². The van der Waals surface area contributed by atoms with Crippen molar-refractivity contribution in [3.05, 3.63) is 76.7 Å². The van der Waals surface area contributed by atoms with E-state index in [1.165, 1.54) is 29.2 Å². The lowest BCUT2D eigenvalue weighted by molar-refractivity contribution is -0.137. The van der Waals surface area contributed by atoms with Crippen molar-refractivity contribution in [1.29, 1.82) is 0 Å². The number of benzene rings is 2. The average molecular weight is 347 g/mol. The first-order chi connectivity index (χ1) is 11.7. The minimum Gasteiger partial charge on any atom is -0.166 e. The fraction of sp³-hybridized carbons (Fsp3) is 0.409. The van der Waals surface area contributed by atoms with Crippen molar-refractivity contribution in [2.45, 2.75) is 52.6 Å². The topological polar surface area (TPSA) is 0 Å². The summed E-state index contributed by atoms with van der Waals surface area (Å²) < 4.78 is 38.3. The maximum absolute atomic E-state index is 12.8. The number of halogens is 3. The van der Waals surface area contributed by atoms with Gasteiger partial charge in [-0.1, -0.05) is 70.5 Å². The molecule has 0 fully saturated rings. The first-order valence-electron chi connectivity index (χ1n) is 8.85. The van der Waals surface area contributed by atoms with Crippen molar-refractivity contribution in [3.63, 3.8) is 0 Å². The Morgan fingerprint density at radius 3 is 2.04 bits per heavy atom. The summed E-state index contributed by atoms with van der Waals surface area (Å²) >= 11 is 0. The second-order valence-electron chi connectivity index (χ2n) is 6.95. The highest BCUT2D eigenvalue weighted by Gasteiger charge is 2.30. The van der Waals surface area contributed by atoms with Gasteiger partial charge in [0, 0.05) is 5.92 Å². The molecule has 1 radical (unpaired) electrons. The highest BCUT2D eigenvalue weighted by molar-refractivity contribution is 5.43. The Labute approximate surface area is 149 Å². The van der Waals surface area contributed by atoms with E-state index >= 15 is 0 Å². The average Bonchev–Trinajstić information content (AvgIpc) is 2.58. The Bertz CT molecular complexity index is 668. The van der Waals surface area contributed by atoms with E-state index in [1.54, 1.807) is 12.1 Å². The molecule has 3 heteroatoms. The summed E-state index contributed by atoms with van der Waals surface area (Å²) in [6.07, 6.45) is -2.61. The largest absolute Gasteiger partial charge is 0.416 e. The number of rotatable bonds is 6. The monoisotopic (exact) mass is 347 g/mol. The molecule has 2 aromatic rings. The molecule has 0 amide bonds. The molecule has 135 valence electrons. The van der Waals surface area contributed by atoms with Gasteiger partial charge in [-0.15, -0.1) is 0 Å².